The number of ether oxygens (including phenoxy) is 1. The molecule has 2 N–H and O–H groups in total. The number of rotatable bonds is 7. The quantitative estimate of drug-likeness (QED) is 0.783. The first-order valence-electron chi connectivity index (χ1n) is 7.12. The van der Waals surface area contributed by atoms with Gasteiger partial charge in [-0.25, -0.2) is 18.4 Å². The normalized spacial score (nSPS) is 13.0. The van der Waals surface area contributed by atoms with Crippen molar-refractivity contribution in [2.75, 3.05) is 6.61 Å². The van der Waals surface area contributed by atoms with Crippen molar-refractivity contribution in [3.8, 4) is 0 Å². The first kappa shape index (κ1) is 17.7. The van der Waals surface area contributed by atoms with Gasteiger partial charge >= 0.3 is 5.97 Å². The molecule has 118 valence electrons. The van der Waals surface area contributed by atoms with Crippen molar-refractivity contribution in [2.45, 2.75) is 44.9 Å². The van der Waals surface area contributed by atoms with Crippen LogP contribution in [-0.4, -0.2) is 21.0 Å². The summed E-state index contributed by atoms with van der Waals surface area (Å²) in [6.45, 7) is 6.23. The summed E-state index contributed by atoms with van der Waals surface area (Å²) in [4.78, 5) is 12.0. The number of aryl methyl sites for hydroxylation is 1. The molecular weight excluding hydrogens is 290 g/mol. The molecule has 5 nitrogen and oxygen atoms in total. The number of benzene rings is 1. The van der Waals surface area contributed by atoms with E-state index in [9.17, 15) is 13.2 Å². The highest BCUT2D eigenvalue weighted by Gasteiger charge is 2.17. The Morgan fingerprint density at radius 2 is 2.00 bits per heavy atom. The minimum Gasteiger partial charge on any atom is -0.462 e. The van der Waals surface area contributed by atoms with E-state index in [1.54, 1.807) is 12.1 Å². The molecule has 21 heavy (non-hydrogen) atoms. The Balaban J connectivity index is 2.91. The van der Waals surface area contributed by atoms with Gasteiger partial charge in [-0.15, -0.1) is 0 Å². The number of esters is 1. The predicted octanol–water partition coefficient (Wildman–Crippen LogP) is 2.49. The van der Waals surface area contributed by atoms with E-state index < -0.39 is 16.0 Å². The van der Waals surface area contributed by atoms with E-state index in [-0.39, 0.29) is 16.4 Å². The van der Waals surface area contributed by atoms with Crippen molar-refractivity contribution in [3.63, 3.8) is 0 Å². The fourth-order valence-electron chi connectivity index (χ4n) is 2.12. The molecule has 1 aromatic carbocycles. The smallest absolute Gasteiger partial charge is 0.338 e. The molecule has 0 spiro atoms. The number of carbonyl (C=O) groups is 1. The minimum atomic E-state index is -3.85. The zero-order valence-corrected chi connectivity index (χ0v) is 13.6. The molecule has 0 heterocycles. The highest BCUT2D eigenvalue weighted by atomic mass is 32.2. The third-order valence-corrected chi connectivity index (χ3v) is 4.26. The van der Waals surface area contributed by atoms with E-state index in [4.69, 9.17) is 9.88 Å². The Morgan fingerprint density at radius 1 is 1.33 bits per heavy atom. The molecule has 0 aliphatic carbocycles. The van der Waals surface area contributed by atoms with Gasteiger partial charge in [-0.2, -0.15) is 0 Å². The SMILES string of the molecule is CCCC(C)COC(=O)c1ccc(CC)c(S(N)(=O)=O)c1. The third kappa shape index (κ3) is 5.13. The molecular formula is C15H23NO4S. The molecule has 0 aromatic heterocycles. The molecule has 1 rings (SSSR count). The number of carbonyl (C=O) groups excluding carboxylic acids is 1. The number of hydrogen-bond donors (Lipinski definition) is 1. The van der Waals surface area contributed by atoms with Crippen LogP contribution in [0.1, 0.15) is 49.5 Å². The highest BCUT2D eigenvalue weighted by Crippen LogP contribution is 2.18. The Labute approximate surface area is 126 Å². The lowest BCUT2D eigenvalue weighted by Gasteiger charge is -2.12. The molecule has 0 bridgehead atoms. The molecule has 0 amide bonds. The fraction of sp³-hybridized carbons (Fsp3) is 0.533. The number of primary sulfonamides is 1. The summed E-state index contributed by atoms with van der Waals surface area (Å²) in [5, 5.41) is 5.18. The lowest BCUT2D eigenvalue weighted by molar-refractivity contribution is 0.0443. The van der Waals surface area contributed by atoms with Crippen LogP contribution in [0.2, 0.25) is 0 Å². The monoisotopic (exact) mass is 313 g/mol. The molecule has 0 aliphatic heterocycles. The predicted molar refractivity (Wildman–Crippen MR) is 81.5 cm³/mol. The fourth-order valence-corrected chi connectivity index (χ4v) is 2.98. The van der Waals surface area contributed by atoms with Crippen LogP contribution in [0.4, 0.5) is 0 Å². The lowest BCUT2D eigenvalue weighted by Crippen LogP contribution is -2.17. The van der Waals surface area contributed by atoms with Gasteiger partial charge in [-0.05, 0) is 36.5 Å². The van der Waals surface area contributed by atoms with E-state index in [0.717, 1.165) is 12.8 Å². The second-order valence-corrected chi connectivity index (χ2v) is 6.74. The van der Waals surface area contributed by atoms with Crippen molar-refractivity contribution >= 4 is 16.0 Å². The zero-order chi connectivity index (χ0) is 16.0. The summed E-state index contributed by atoms with van der Waals surface area (Å²) in [6.07, 6.45) is 2.53. The van der Waals surface area contributed by atoms with E-state index >= 15 is 0 Å². The molecule has 6 heteroatoms. The summed E-state index contributed by atoms with van der Waals surface area (Å²) in [7, 11) is -3.85. The molecule has 1 aromatic rings. The van der Waals surface area contributed by atoms with Gasteiger partial charge in [-0.3, -0.25) is 0 Å². The summed E-state index contributed by atoms with van der Waals surface area (Å²) in [5.41, 5.74) is 0.799. The average molecular weight is 313 g/mol. The zero-order valence-electron chi connectivity index (χ0n) is 12.8. The first-order valence-corrected chi connectivity index (χ1v) is 8.67. The van der Waals surface area contributed by atoms with Crippen molar-refractivity contribution in [3.05, 3.63) is 29.3 Å². The van der Waals surface area contributed by atoms with Crippen LogP contribution in [0.3, 0.4) is 0 Å². The summed E-state index contributed by atoms with van der Waals surface area (Å²) >= 11 is 0. The maximum absolute atomic E-state index is 12.0. The van der Waals surface area contributed by atoms with E-state index in [2.05, 4.69) is 6.92 Å². The standard InChI is InChI=1S/C15H23NO4S/c1-4-6-11(3)10-20-15(17)13-8-7-12(5-2)14(9-13)21(16,18)19/h7-9,11H,4-6,10H2,1-3H3,(H2,16,18,19). The Hall–Kier alpha value is -1.40. The summed E-state index contributed by atoms with van der Waals surface area (Å²) in [5.74, 6) is -0.239. The van der Waals surface area contributed by atoms with Crippen LogP contribution in [0.15, 0.2) is 23.1 Å². The molecule has 1 unspecified atom stereocenters. The largest absolute Gasteiger partial charge is 0.462 e. The summed E-state index contributed by atoms with van der Waals surface area (Å²) in [6, 6.07) is 4.47. The van der Waals surface area contributed by atoms with Crippen molar-refractivity contribution < 1.29 is 17.9 Å². The number of sulfonamides is 1. The Bertz CT molecular complexity index is 596. The first-order chi connectivity index (χ1) is 9.79. The van der Waals surface area contributed by atoms with Crippen LogP contribution < -0.4 is 5.14 Å². The molecule has 0 fully saturated rings. The van der Waals surface area contributed by atoms with Gasteiger partial charge in [0.1, 0.15) is 0 Å². The van der Waals surface area contributed by atoms with Crippen LogP contribution in [0.5, 0.6) is 0 Å². The van der Waals surface area contributed by atoms with Gasteiger partial charge in [0.25, 0.3) is 0 Å². The maximum atomic E-state index is 12.0. The molecule has 0 saturated heterocycles. The average Bonchev–Trinajstić information content (AvgIpc) is 2.43. The third-order valence-electron chi connectivity index (χ3n) is 3.27. The molecule has 0 saturated carbocycles. The van der Waals surface area contributed by atoms with Crippen LogP contribution in [0.25, 0.3) is 0 Å². The molecule has 0 aliphatic rings. The Morgan fingerprint density at radius 3 is 2.52 bits per heavy atom. The van der Waals surface area contributed by atoms with Crippen LogP contribution >= 0.6 is 0 Å². The van der Waals surface area contributed by atoms with E-state index in [1.165, 1.54) is 6.07 Å². The Kier molecular flexibility index (Phi) is 6.36. The molecule has 0 radical (unpaired) electrons. The van der Waals surface area contributed by atoms with Gasteiger partial charge in [0.2, 0.25) is 10.0 Å². The maximum Gasteiger partial charge on any atom is 0.338 e. The van der Waals surface area contributed by atoms with Crippen LogP contribution in [0, 0.1) is 5.92 Å². The van der Waals surface area contributed by atoms with Crippen molar-refractivity contribution in [2.24, 2.45) is 11.1 Å². The van der Waals surface area contributed by atoms with Crippen molar-refractivity contribution in [1.82, 2.24) is 0 Å². The van der Waals surface area contributed by atoms with Gasteiger partial charge in [0.15, 0.2) is 0 Å². The highest BCUT2D eigenvalue weighted by molar-refractivity contribution is 7.89. The topological polar surface area (TPSA) is 86.5 Å². The minimum absolute atomic E-state index is 0.0129. The number of hydrogen-bond acceptors (Lipinski definition) is 4. The lowest BCUT2D eigenvalue weighted by atomic mass is 10.1. The second-order valence-electron chi connectivity index (χ2n) is 5.21. The van der Waals surface area contributed by atoms with Crippen molar-refractivity contribution in [1.29, 1.82) is 0 Å². The molecule has 1 atom stereocenters. The number of nitrogens with two attached hydrogens (primary N) is 1. The van der Waals surface area contributed by atoms with Gasteiger partial charge < -0.3 is 4.74 Å². The van der Waals surface area contributed by atoms with E-state index in [1.807, 2.05) is 13.8 Å². The van der Waals surface area contributed by atoms with Gasteiger partial charge in [0, 0.05) is 0 Å². The second kappa shape index (κ2) is 7.56. The summed E-state index contributed by atoms with van der Waals surface area (Å²) < 4.78 is 28.3. The van der Waals surface area contributed by atoms with Gasteiger partial charge in [0.05, 0.1) is 17.1 Å². The van der Waals surface area contributed by atoms with Gasteiger partial charge in [-0.1, -0.05) is 33.3 Å². The van der Waals surface area contributed by atoms with E-state index in [0.29, 0.717) is 18.6 Å². The van der Waals surface area contributed by atoms with Crippen LogP contribution in [-0.2, 0) is 21.2 Å².